The van der Waals surface area contributed by atoms with E-state index in [-0.39, 0.29) is 23.0 Å². The maximum atomic E-state index is 12.4. The summed E-state index contributed by atoms with van der Waals surface area (Å²) in [6.07, 6.45) is 0.656. The van der Waals surface area contributed by atoms with Crippen molar-refractivity contribution in [3.63, 3.8) is 0 Å². The largest absolute Gasteiger partial charge is 0.496 e. The summed E-state index contributed by atoms with van der Waals surface area (Å²) < 4.78 is 30.3. The Kier molecular flexibility index (Phi) is 5.28. The van der Waals surface area contributed by atoms with Gasteiger partial charge in [-0.15, -0.1) is 0 Å². The van der Waals surface area contributed by atoms with Gasteiger partial charge in [-0.2, -0.15) is 0 Å². The van der Waals surface area contributed by atoms with E-state index in [4.69, 9.17) is 4.74 Å². The molecule has 0 spiro atoms. The Hall–Kier alpha value is -1.34. The quantitative estimate of drug-likeness (QED) is 0.793. The van der Waals surface area contributed by atoms with Crippen LogP contribution in [0.1, 0.15) is 12.5 Å². The standard InChI is InChI=1S/C15H18BrNO4S/c1-11-14(22(19,20)10-9-21-11)15(18)17(2)8-7-12-3-5-13(16)6-4-12/h3-6H,7-10H2,1-2H3. The number of halogens is 1. The molecule has 1 heterocycles. The minimum absolute atomic E-state index is 0.105. The van der Waals surface area contributed by atoms with Crippen molar-refractivity contribution in [2.24, 2.45) is 0 Å². The van der Waals surface area contributed by atoms with E-state index in [0.717, 1.165) is 10.0 Å². The molecule has 0 N–H and O–H groups in total. The number of carbonyl (C=O) groups is 1. The Balaban J connectivity index is 2.07. The molecule has 0 aromatic heterocycles. The number of benzene rings is 1. The molecule has 0 saturated heterocycles. The van der Waals surface area contributed by atoms with Gasteiger partial charge in [0.25, 0.3) is 5.91 Å². The molecule has 0 fully saturated rings. The van der Waals surface area contributed by atoms with Gasteiger partial charge in [0, 0.05) is 18.1 Å². The Morgan fingerprint density at radius 1 is 1.32 bits per heavy atom. The first-order valence-corrected chi connectivity index (χ1v) is 9.32. The van der Waals surface area contributed by atoms with Crippen molar-refractivity contribution < 1.29 is 17.9 Å². The number of amides is 1. The van der Waals surface area contributed by atoms with Crippen molar-refractivity contribution >= 4 is 31.7 Å². The van der Waals surface area contributed by atoms with Crippen LogP contribution in [0.2, 0.25) is 0 Å². The van der Waals surface area contributed by atoms with Crippen molar-refractivity contribution in [3.05, 3.63) is 45.0 Å². The summed E-state index contributed by atoms with van der Waals surface area (Å²) in [5.41, 5.74) is 1.08. The summed E-state index contributed by atoms with van der Waals surface area (Å²) in [5.74, 6) is -0.465. The van der Waals surface area contributed by atoms with E-state index in [9.17, 15) is 13.2 Å². The molecule has 1 aliphatic heterocycles. The number of ether oxygens (including phenoxy) is 1. The third-order valence-electron chi connectivity index (χ3n) is 3.49. The van der Waals surface area contributed by atoms with Crippen molar-refractivity contribution in [1.82, 2.24) is 4.90 Å². The third kappa shape index (κ3) is 3.89. The lowest BCUT2D eigenvalue weighted by atomic mass is 10.1. The highest BCUT2D eigenvalue weighted by atomic mass is 79.9. The molecule has 120 valence electrons. The van der Waals surface area contributed by atoms with Crippen LogP contribution in [0.4, 0.5) is 0 Å². The Morgan fingerprint density at radius 3 is 2.55 bits per heavy atom. The highest BCUT2D eigenvalue weighted by molar-refractivity contribution is 9.10. The lowest BCUT2D eigenvalue weighted by Gasteiger charge is -2.23. The average Bonchev–Trinajstić information content (AvgIpc) is 2.45. The normalized spacial score (nSPS) is 17.0. The zero-order chi connectivity index (χ0) is 16.3. The van der Waals surface area contributed by atoms with Crippen LogP contribution in [0, 0.1) is 0 Å². The van der Waals surface area contributed by atoms with Gasteiger partial charge in [0.05, 0.1) is 5.75 Å². The van der Waals surface area contributed by atoms with Gasteiger partial charge in [-0.25, -0.2) is 8.42 Å². The molecule has 22 heavy (non-hydrogen) atoms. The predicted octanol–water partition coefficient (Wildman–Crippen LogP) is 2.13. The SMILES string of the molecule is CC1=C(C(=O)N(C)CCc2ccc(Br)cc2)S(=O)(=O)CCO1. The second kappa shape index (κ2) is 6.83. The molecule has 1 aromatic carbocycles. The van der Waals surface area contributed by atoms with Crippen molar-refractivity contribution in [1.29, 1.82) is 0 Å². The number of carbonyl (C=O) groups excluding carboxylic acids is 1. The van der Waals surface area contributed by atoms with Crippen LogP contribution in [-0.4, -0.2) is 45.2 Å². The van der Waals surface area contributed by atoms with E-state index in [1.165, 1.54) is 11.8 Å². The zero-order valence-electron chi connectivity index (χ0n) is 12.5. The number of likely N-dealkylation sites (N-methyl/N-ethyl adjacent to an activating group) is 1. The molecule has 0 bridgehead atoms. The van der Waals surface area contributed by atoms with E-state index < -0.39 is 15.7 Å². The topological polar surface area (TPSA) is 63.7 Å². The Labute approximate surface area is 139 Å². The monoisotopic (exact) mass is 387 g/mol. The third-order valence-corrected chi connectivity index (χ3v) is 5.81. The first-order chi connectivity index (χ1) is 10.3. The second-order valence-corrected chi connectivity index (χ2v) is 8.12. The molecule has 0 aliphatic carbocycles. The van der Waals surface area contributed by atoms with Gasteiger partial charge in [-0.1, -0.05) is 28.1 Å². The lowest BCUT2D eigenvalue weighted by Crippen LogP contribution is -2.36. The summed E-state index contributed by atoms with van der Waals surface area (Å²) in [5, 5.41) is 0. The minimum Gasteiger partial charge on any atom is -0.496 e. The highest BCUT2D eigenvalue weighted by Gasteiger charge is 2.33. The zero-order valence-corrected chi connectivity index (χ0v) is 14.9. The Morgan fingerprint density at radius 2 is 1.95 bits per heavy atom. The first kappa shape index (κ1) is 17.0. The van der Waals surface area contributed by atoms with Crippen LogP contribution in [0.15, 0.2) is 39.4 Å². The molecule has 1 aliphatic rings. The fraction of sp³-hybridized carbons (Fsp3) is 0.400. The molecular formula is C15H18BrNO4S. The second-order valence-electron chi connectivity index (χ2n) is 5.16. The van der Waals surface area contributed by atoms with E-state index in [1.54, 1.807) is 7.05 Å². The number of hydrogen-bond acceptors (Lipinski definition) is 4. The fourth-order valence-electron chi connectivity index (χ4n) is 2.20. The number of sulfone groups is 1. The molecule has 0 saturated carbocycles. The molecule has 1 aromatic rings. The van der Waals surface area contributed by atoms with E-state index in [0.29, 0.717) is 13.0 Å². The van der Waals surface area contributed by atoms with E-state index in [2.05, 4.69) is 15.9 Å². The van der Waals surface area contributed by atoms with E-state index >= 15 is 0 Å². The summed E-state index contributed by atoms with van der Waals surface area (Å²) in [4.78, 5) is 13.6. The molecule has 1 amide bonds. The number of nitrogens with zero attached hydrogens (tertiary/aromatic N) is 1. The summed E-state index contributed by atoms with van der Waals surface area (Å²) in [6.45, 7) is 2.06. The summed E-state index contributed by atoms with van der Waals surface area (Å²) in [6, 6.07) is 7.80. The number of allylic oxidation sites excluding steroid dienone is 1. The predicted molar refractivity (Wildman–Crippen MR) is 87.9 cm³/mol. The molecule has 0 atom stereocenters. The first-order valence-electron chi connectivity index (χ1n) is 6.87. The summed E-state index contributed by atoms with van der Waals surface area (Å²) >= 11 is 3.37. The fourth-order valence-corrected chi connectivity index (χ4v) is 3.89. The molecule has 0 unspecified atom stereocenters. The average molecular weight is 388 g/mol. The van der Waals surface area contributed by atoms with Crippen molar-refractivity contribution in [2.45, 2.75) is 13.3 Å². The molecule has 5 nitrogen and oxygen atoms in total. The van der Waals surface area contributed by atoms with Gasteiger partial charge < -0.3 is 9.64 Å². The molecule has 2 rings (SSSR count). The van der Waals surface area contributed by atoms with Crippen LogP contribution in [-0.2, 0) is 25.8 Å². The van der Waals surface area contributed by atoms with Crippen LogP contribution in [0.25, 0.3) is 0 Å². The Bertz CT molecular complexity index is 695. The maximum Gasteiger partial charge on any atom is 0.268 e. The van der Waals surface area contributed by atoms with Crippen LogP contribution >= 0.6 is 15.9 Å². The van der Waals surface area contributed by atoms with Crippen LogP contribution < -0.4 is 0 Å². The van der Waals surface area contributed by atoms with Gasteiger partial charge in [0.1, 0.15) is 12.4 Å². The van der Waals surface area contributed by atoms with Gasteiger partial charge in [-0.05, 0) is 31.0 Å². The summed E-state index contributed by atoms with van der Waals surface area (Å²) in [7, 11) is -1.95. The van der Waals surface area contributed by atoms with Crippen LogP contribution in [0.3, 0.4) is 0 Å². The minimum atomic E-state index is -3.55. The van der Waals surface area contributed by atoms with Crippen LogP contribution in [0.5, 0.6) is 0 Å². The lowest BCUT2D eigenvalue weighted by molar-refractivity contribution is -0.125. The van der Waals surface area contributed by atoms with Gasteiger partial charge in [0.15, 0.2) is 14.7 Å². The van der Waals surface area contributed by atoms with Gasteiger partial charge in [0.2, 0.25) is 0 Å². The molecule has 7 heteroatoms. The van der Waals surface area contributed by atoms with E-state index in [1.807, 2.05) is 24.3 Å². The highest BCUT2D eigenvalue weighted by Crippen LogP contribution is 2.21. The van der Waals surface area contributed by atoms with Crippen molar-refractivity contribution in [2.75, 3.05) is 26.0 Å². The smallest absolute Gasteiger partial charge is 0.268 e. The number of hydrogen-bond donors (Lipinski definition) is 0. The maximum absolute atomic E-state index is 12.4. The van der Waals surface area contributed by atoms with Crippen molar-refractivity contribution in [3.8, 4) is 0 Å². The van der Waals surface area contributed by atoms with Gasteiger partial charge in [-0.3, -0.25) is 4.79 Å². The molecular weight excluding hydrogens is 370 g/mol. The molecule has 0 radical (unpaired) electrons. The van der Waals surface area contributed by atoms with Gasteiger partial charge >= 0.3 is 0 Å². The number of rotatable bonds is 4.